The number of para-hydroxylation sites is 1. The molecule has 2 heterocycles. The van der Waals surface area contributed by atoms with Crippen molar-refractivity contribution >= 4 is 58.2 Å². The van der Waals surface area contributed by atoms with Gasteiger partial charge in [0.15, 0.2) is 0 Å². The Morgan fingerprint density at radius 1 is 0.750 bits per heavy atom. The van der Waals surface area contributed by atoms with E-state index in [9.17, 15) is 19.5 Å². The second-order valence-electron chi connectivity index (χ2n) is 13.1. The number of rotatable bonds is 4. The quantitative estimate of drug-likeness (QED) is 0.180. The number of imide groups is 2. The summed E-state index contributed by atoms with van der Waals surface area (Å²) in [7, 11) is 0. The zero-order valence-electron chi connectivity index (χ0n) is 25.8. The van der Waals surface area contributed by atoms with Crippen LogP contribution in [0.5, 0.6) is 5.75 Å². The molecule has 4 aromatic carbocycles. The number of amides is 4. The number of aryl methyl sites for hydroxylation is 1. The van der Waals surface area contributed by atoms with Crippen molar-refractivity contribution in [1.29, 1.82) is 0 Å². The maximum absolute atomic E-state index is 15.2. The topological polar surface area (TPSA) is 95.0 Å². The lowest BCUT2D eigenvalue weighted by molar-refractivity contribution is -0.127. The van der Waals surface area contributed by atoms with E-state index in [-0.39, 0.29) is 30.4 Å². The zero-order chi connectivity index (χ0) is 33.5. The van der Waals surface area contributed by atoms with Gasteiger partial charge in [-0.3, -0.25) is 19.2 Å². The average molecular weight is 678 g/mol. The van der Waals surface area contributed by atoms with E-state index in [1.54, 1.807) is 66.7 Å². The van der Waals surface area contributed by atoms with Crippen LogP contribution in [0, 0.1) is 30.6 Å². The van der Waals surface area contributed by atoms with Crippen LogP contribution in [0.1, 0.15) is 35.4 Å². The lowest BCUT2D eigenvalue weighted by Crippen LogP contribution is -2.53. The molecule has 9 heteroatoms. The Hall–Kier alpha value is -4.72. The van der Waals surface area contributed by atoms with Crippen molar-refractivity contribution < 1.29 is 24.3 Å². The van der Waals surface area contributed by atoms with E-state index in [1.807, 2.05) is 43.3 Å². The monoisotopic (exact) mass is 676 g/mol. The Morgan fingerprint density at radius 3 is 2.21 bits per heavy atom. The molecule has 2 saturated heterocycles. The van der Waals surface area contributed by atoms with Crippen molar-refractivity contribution in [1.82, 2.24) is 0 Å². The molecular weight excluding hydrogens is 647 g/mol. The van der Waals surface area contributed by atoms with E-state index in [0.29, 0.717) is 32.5 Å². The number of hydrogen-bond donors (Lipinski definition) is 1. The molecule has 1 saturated carbocycles. The first-order valence-electron chi connectivity index (χ1n) is 16.0. The Bertz CT molecular complexity index is 2080. The van der Waals surface area contributed by atoms with E-state index < -0.39 is 46.8 Å². The van der Waals surface area contributed by atoms with Gasteiger partial charge in [0.25, 0.3) is 0 Å². The molecule has 1 N–H and O–H groups in total. The molecule has 240 valence electrons. The fraction of sp³-hybridized carbons (Fsp3) is 0.231. The fourth-order valence-corrected chi connectivity index (χ4v) is 9.15. The smallest absolute Gasteiger partial charge is 0.246 e. The lowest BCUT2D eigenvalue weighted by Gasteiger charge is -2.50. The summed E-state index contributed by atoms with van der Waals surface area (Å²) >= 11 is 12.8. The number of carbonyl (C=O) groups is 4. The Morgan fingerprint density at radius 2 is 1.48 bits per heavy atom. The minimum Gasteiger partial charge on any atom is -0.508 e. The molecule has 0 aromatic heterocycles. The number of aromatic hydroxyl groups is 1. The SMILES string of the molecule is Cc1ccc(N2C(=O)[C@H]3[C@H](CC=C4[C@H]3C[C@H]3C(=O)N(c5cccc(Cl)c5)C(=O)[C@@]3(c3ccccc3)[C@H]4c3ccccc3O)C2=O)cc1Cl. The summed E-state index contributed by atoms with van der Waals surface area (Å²) in [6, 6.07) is 27.9. The lowest BCUT2D eigenvalue weighted by atomic mass is 9.49. The number of hydrogen-bond acceptors (Lipinski definition) is 5. The summed E-state index contributed by atoms with van der Waals surface area (Å²) in [5, 5.41) is 12.3. The van der Waals surface area contributed by atoms with Crippen LogP contribution in [-0.2, 0) is 24.6 Å². The van der Waals surface area contributed by atoms with E-state index in [4.69, 9.17) is 23.2 Å². The Labute approximate surface area is 287 Å². The van der Waals surface area contributed by atoms with Crippen molar-refractivity contribution in [2.45, 2.75) is 31.1 Å². The van der Waals surface area contributed by atoms with Crippen LogP contribution in [0.3, 0.4) is 0 Å². The van der Waals surface area contributed by atoms with Gasteiger partial charge in [0.2, 0.25) is 23.6 Å². The summed E-state index contributed by atoms with van der Waals surface area (Å²) in [5.41, 5.74) is 2.02. The van der Waals surface area contributed by atoms with Crippen molar-refractivity contribution in [3.8, 4) is 5.75 Å². The molecule has 2 aliphatic heterocycles. The molecule has 0 bridgehead atoms. The maximum Gasteiger partial charge on any atom is 0.246 e. The first-order valence-corrected chi connectivity index (χ1v) is 16.7. The molecular formula is C39H30Cl2N2O5. The third-order valence-electron chi connectivity index (χ3n) is 10.8. The van der Waals surface area contributed by atoms with Gasteiger partial charge in [0.1, 0.15) is 5.75 Å². The number of nitrogens with zero attached hydrogens (tertiary/aromatic N) is 2. The minimum atomic E-state index is -1.45. The van der Waals surface area contributed by atoms with Crippen LogP contribution in [0.15, 0.2) is 109 Å². The molecule has 6 atom stereocenters. The number of halogens is 2. The van der Waals surface area contributed by atoms with Crippen LogP contribution in [0.25, 0.3) is 0 Å². The van der Waals surface area contributed by atoms with Gasteiger partial charge in [0.05, 0.1) is 34.5 Å². The first-order chi connectivity index (χ1) is 23.1. The molecule has 3 fully saturated rings. The van der Waals surface area contributed by atoms with Gasteiger partial charge < -0.3 is 5.11 Å². The van der Waals surface area contributed by atoms with E-state index in [0.717, 1.165) is 11.1 Å². The molecule has 0 unspecified atom stereocenters. The molecule has 4 aromatic rings. The van der Waals surface area contributed by atoms with Gasteiger partial charge in [-0.1, -0.05) is 95.5 Å². The fourth-order valence-electron chi connectivity index (χ4n) is 8.80. The summed E-state index contributed by atoms with van der Waals surface area (Å²) in [5.74, 6) is -5.20. The third kappa shape index (κ3) is 4.20. The molecule has 4 amide bonds. The second kappa shape index (κ2) is 11.2. The van der Waals surface area contributed by atoms with Crippen molar-refractivity contribution in [2.75, 3.05) is 9.80 Å². The van der Waals surface area contributed by atoms with Gasteiger partial charge >= 0.3 is 0 Å². The highest BCUT2D eigenvalue weighted by atomic mass is 35.5. The zero-order valence-corrected chi connectivity index (χ0v) is 27.4. The predicted molar refractivity (Wildman–Crippen MR) is 183 cm³/mol. The molecule has 0 radical (unpaired) electrons. The van der Waals surface area contributed by atoms with Crippen molar-refractivity contribution in [2.24, 2.45) is 23.7 Å². The predicted octanol–water partition coefficient (Wildman–Crippen LogP) is 7.37. The van der Waals surface area contributed by atoms with E-state index in [1.165, 1.54) is 9.80 Å². The summed E-state index contributed by atoms with van der Waals surface area (Å²) in [6.45, 7) is 1.85. The van der Waals surface area contributed by atoms with Crippen molar-refractivity contribution in [3.63, 3.8) is 0 Å². The van der Waals surface area contributed by atoms with Crippen LogP contribution in [0.2, 0.25) is 10.0 Å². The molecule has 8 rings (SSSR count). The number of fused-ring (bicyclic) bond motifs is 4. The number of anilines is 2. The van der Waals surface area contributed by atoms with Crippen LogP contribution in [0.4, 0.5) is 11.4 Å². The van der Waals surface area contributed by atoms with Gasteiger partial charge in [-0.2, -0.15) is 0 Å². The Kier molecular flexibility index (Phi) is 7.13. The highest BCUT2D eigenvalue weighted by molar-refractivity contribution is 6.33. The van der Waals surface area contributed by atoms with E-state index in [2.05, 4.69) is 0 Å². The molecule has 0 spiro atoms. The molecule has 2 aliphatic carbocycles. The highest BCUT2D eigenvalue weighted by Gasteiger charge is 2.70. The second-order valence-corrected chi connectivity index (χ2v) is 13.9. The number of phenolic OH excluding ortho intramolecular Hbond substituents is 1. The Balaban J connectivity index is 1.35. The number of benzene rings is 4. The minimum absolute atomic E-state index is 0.0218. The van der Waals surface area contributed by atoms with Gasteiger partial charge in [0, 0.05) is 21.5 Å². The summed E-state index contributed by atoms with van der Waals surface area (Å²) < 4.78 is 0. The van der Waals surface area contributed by atoms with Gasteiger partial charge in [-0.15, -0.1) is 0 Å². The third-order valence-corrected chi connectivity index (χ3v) is 11.5. The van der Waals surface area contributed by atoms with Crippen LogP contribution >= 0.6 is 23.2 Å². The average Bonchev–Trinajstić information content (AvgIpc) is 3.47. The summed E-state index contributed by atoms with van der Waals surface area (Å²) in [4.78, 5) is 60.8. The number of phenols is 1. The normalized spacial score (nSPS) is 27.9. The largest absolute Gasteiger partial charge is 0.508 e. The molecule has 48 heavy (non-hydrogen) atoms. The van der Waals surface area contributed by atoms with Crippen LogP contribution in [-0.4, -0.2) is 28.7 Å². The molecule has 7 nitrogen and oxygen atoms in total. The maximum atomic E-state index is 15.2. The van der Waals surface area contributed by atoms with Gasteiger partial charge in [-0.05, 0) is 73.2 Å². The van der Waals surface area contributed by atoms with Gasteiger partial charge in [-0.25, -0.2) is 9.80 Å². The first kappa shape index (κ1) is 30.6. The summed E-state index contributed by atoms with van der Waals surface area (Å²) in [6.07, 6.45) is 2.41. The number of carbonyl (C=O) groups excluding carboxylic acids is 4. The van der Waals surface area contributed by atoms with E-state index >= 15 is 4.79 Å². The van der Waals surface area contributed by atoms with Crippen molar-refractivity contribution in [3.05, 3.63) is 135 Å². The molecule has 4 aliphatic rings. The van der Waals surface area contributed by atoms with Crippen LogP contribution < -0.4 is 9.80 Å². The highest BCUT2D eigenvalue weighted by Crippen LogP contribution is 2.65. The number of allylic oxidation sites excluding steroid dienone is 2. The standard InChI is InChI=1S/C39H30Cl2N2O5/c1-21-14-15-25(19-31(21)41)42-35(45)28-17-16-26-29(33(28)37(42)47)20-30-36(46)43(24-11-7-10-23(40)18-24)38(48)39(30,22-8-3-2-4-9-22)34(26)27-12-5-6-13-32(27)44/h2-16,18-19,28-30,33-34,44H,17,20H2,1H3/t28-,29+,30-,33-,34+,39+/m0/s1.